The molecule has 1 heterocycles. The lowest BCUT2D eigenvalue weighted by Crippen LogP contribution is -2.36. The summed E-state index contributed by atoms with van der Waals surface area (Å²) in [4.78, 5) is 2.44. The second-order valence-electron chi connectivity index (χ2n) is 4.25. The summed E-state index contributed by atoms with van der Waals surface area (Å²) in [6, 6.07) is 8.68. The van der Waals surface area contributed by atoms with Crippen molar-refractivity contribution in [3.05, 3.63) is 47.8 Å². The summed E-state index contributed by atoms with van der Waals surface area (Å²) in [6.45, 7) is 7.70. The van der Waals surface area contributed by atoms with Crippen molar-refractivity contribution in [2.24, 2.45) is 5.73 Å². The van der Waals surface area contributed by atoms with Crippen LogP contribution in [0.5, 0.6) is 0 Å². The highest BCUT2D eigenvalue weighted by Crippen LogP contribution is 2.17. The fourth-order valence-electron chi connectivity index (χ4n) is 2.12. The van der Waals surface area contributed by atoms with E-state index >= 15 is 0 Å². The maximum absolute atomic E-state index is 5.46. The molecule has 0 saturated heterocycles. The number of nitrogens with zero attached hydrogens (tertiary/aromatic N) is 1. The maximum Gasteiger partial charge on any atom is 0.0886 e. The first-order chi connectivity index (χ1) is 7.75. The molecule has 1 aromatic rings. The average Bonchev–Trinajstić information content (AvgIpc) is 2.28. The van der Waals surface area contributed by atoms with Gasteiger partial charge in [0.25, 0.3) is 0 Å². The van der Waals surface area contributed by atoms with Crippen LogP contribution >= 0.6 is 0 Å². The fourth-order valence-corrected chi connectivity index (χ4v) is 2.12. The van der Waals surface area contributed by atoms with E-state index in [0.29, 0.717) is 5.82 Å². The van der Waals surface area contributed by atoms with Crippen LogP contribution in [0.4, 0.5) is 0 Å². The van der Waals surface area contributed by atoms with E-state index in [2.05, 4.69) is 41.1 Å². The van der Waals surface area contributed by atoms with E-state index < -0.39 is 0 Å². The van der Waals surface area contributed by atoms with E-state index in [1.54, 1.807) is 0 Å². The van der Waals surface area contributed by atoms with Crippen molar-refractivity contribution in [3.8, 4) is 0 Å². The van der Waals surface area contributed by atoms with Gasteiger partial charge in [-0.25, -0.2) is 0 Å². The van der Waals surface area contributed by atoms with E-state index in [1.807, 2.05) is 0 Å². The zero-order valence-corrected chi connectivity index (χ0v) is 9.58. The minimum atomic E-state index is 0.553. The van der Waals surface area contributed by atoms with Crippen molar-refractivity contribution in [3.63, 3.8) is 0 Å². The first kappa shape index (κ1) is 11.0. The zero-order valence-electron chi connectivity index (χ0n) is 9.58. The second-order valence-corrected chi connectivity index (χ2v) is 4.25. The summed E-state index contributed by atoms with van der Waals surface area (Å²) >= 11 is 0. The Hall–Kier alpha value is -1.48. The van der Waals surface area contributed by atoms with Crippen LogP contribution in [0.3, 0.4) is 0 Å². The van der Waals surface area contributed by atoms with Gasteiger partial charge in [-0.1, -0.05) is 30.8 Å². The number of hydrogen-bond acceptors (Lipinski definition) is 3. The number of nitrogens with one attached hydrogen (secondary N) is 1. The summed E-state index contributed by atoms with van der Waals surface area (Å²) < 4.78 is 0. The predicted octanol–water partition coefficient (Wildman–Crippen LogP) is 1.06. The van der Waals surface area contributed by atoms with Crippen molar-refractivity contribution in [1.29, 1.82) is 0 Å². The van der Waals surface area contributed by atoms with E-state index in [-0.39, 0.29) is 0 Å². The fraction of sp³-hybridized carbons (Fsp3) is 0.385. The van der Waals surface area contributed by atoms with Gasteiger partial charge in [-0.3, -0.25) is 4.90 Å². The number of rotatable bonds is 4. The third-order valence-electron chi connectivity index (χ3n) is 2.99. The van der Waals surface area contributed by atoms with E-state index in [4.69, 9.17) is 5.73 Å². The van der Waals surface area contributed by atoms with Crippen LogP contribution in [0.2, 0.25) is 0 Å². The summed E-state index contributed by atoms with van der Waals surface area (Å²) in [7, 11) is 0. The van der Waals surface area contributed by atoms with Gasteiger partial charge in [0.05, 0.1) is 5.82 Å². The van der Waals surface area contributed by atoms with Crippen LogP contribution in [0.25, 0.3) is 0 Å². The molecule has 0 aliphatic carbocycles. The van der Waals surface area contributed by atoms with Crippen molar-refractivity contribution >= 4 is 0 Å². The van der Waals surface area contributed by atoms with Gasteiger partial charge in [0.1, 0.15) is 0 Å². The van der Waals surface area contributed by atoms with E-state index in [9.17, 15) is 0 Å². The predicted molar refractivity (Wildman–Crippen MR) is 66.8 cm³/mol. The summed E-state index contributed by atoms with van der Waals surface area (Å²) in [5, 5.41) is 3.06. The monoisotopic (exact) mass is 217 g/mol. The van der Waals surface area contributed by atoms with Crippen molar-refractivity contribution < 1.29 is 0 Å². The van der Waals surface area contributed by atoms with E-state index in [1.165, 1.54) is 11.1 Å². The molecule has 0 bridgehead atoms. The molecule has 0 saturated carbocycles. The first-order valence-corrected chi connectivity index (χ1v) is 5.73. The number of nitrogens with two attached hydrogens (primary N) is 1. The standard InChI is InChI=1S/C13H19N3/c1-11(14)15-7-9-16-8-6-12-4-2-3-5-13(12)10-16/h2-5,15H,1,6-10,14H2. The number of hydrogen-bond donors (Lipinski definition) is 2. The van der Waals surface area contributed by atoms with Gasteiger partial charge in [0.15, 0.2) is 0 Å². The molecule has 1 aliphatic rings. The highest BCUT2D eigenvalue weighted by atomic mass is 15.1. The largest absolute Gasteiger partial charge is 0.386 e. The smallest absolute Gasteiger partial charge is 0.0886 e. The Bertz CT molecular complexity index is 373. The molecule has 0 unspecified atom stereocenters. The lowest BCUT2D eigenvalue weighted by atomic mass is 10.00. The highest BCUT2D eigenvalue weighted by Gasteiger charge is 2.14. The zero-order chi connectivity index (χ0) is 11.4. The molecular formula is C13H19N3. The molecule has 1 aromatic carbocycles. The van der Waals surface area contributed by atoms with Crippen LogP contribution in [0, 0.1) is 0 Å². The van der Waals surface area contributed by atoms with Gasteiger partial charge >= 0.3 is 0 Å². The van der Waals surface area contributed by atoms with Crippen LogP contribution < -0.4 is 11.1 Å². The third kappa shape index (κ3) is 2.76. The van der Waals surface area contributed by atoms with Crippen LogP contribution in [-0.4, -0.2) is 24.5 Å². The average molecular weight is 217 g/mol. The molecule has 0 radical (unpaired) electrons. The topological polar surface area (TPSA) is 41.3 Å². The lowest BCUT2D eigenvalue weighted by molar-refractivity contribution is 0.256. The second kappa shape index (κ2) is 5.03. The summed E-state index contributed by atoms with van der Waals surface area (Å²) in [6.07, 6.45) is 1.15. The molecule has 86 valence electrons. The summed E-state index contributed by atoms with van der Waals surface area (Å²) in [5.74, 6) is 0.553. The molecule has 0 atom stereocenters. The van der Waals surface area contributed by atoms with Gasteiger partial charge in [-0.2, -0.15) is 0 Å². The van der Waals surface area contributed by atoms with Gasteiger partial charge in [0, 0.05) is 26.2 Å². The maximum atomic E-state index is 5.46. The summed E-state index contributed by atoms with van der Waals surface area (Å²) in [5.41, 5.74) is 8.41. The Kier molecular flexibility index (Phi) is 3.47. The van der Waals surface area contributed by atoms with Crippen LogP contribution in [0.1, 0.15) is 11.1 Å². The molecule has 0 spiro atoms. The molecular weight excluding hydrogens is 198 g/mol. The minimum absolute atomic E-state index is 0.553. The SMILES string of the molecule is C=C(N)NCCN1CCc2ccccc2C1. The van der Waals surface area contributed by atoms with Gasteiger partial charge < -0.3 is 11.1 Å². The quantitative estimate of drug-likeness (QED) is 0.792. The minimum Gasteiger partial charge on any atom is -0.386 e. The Labute approximate surface area is 96.9 Å². The molecule has 1 aliphatic heterocycles. The Morgan fingerprint density at radius 3 is 2.88 bits per heavy atom. The molecule has 3 N–H and O–H groups in total. The number of fused-ring (bicyclic) bond motifs is 1. The highest BCUT2D eigenvalue weighted by molar-refractivity contribution is 5.28. The molecule has 2 rings (SSSR count). The first-order valence-electron chi connectivity index (χ1n) is 5.73. The molecule has 0 aromatic heterocycles. The molecule has 3 nitrogen and oxygen atoms in total. The Morgan fingerprint density at radius 1 is 1.38 bits per heavy atom. The van der Waals surface area contributed by atoms with E-state index in [0.717, 1.165) is 32.6 Å². The Morgan fingerprint density at radius 2 is 2.12 bits per heavy atom. The van der Waals surface area contributed by atoms with Gasteiger partial charge in [-0.05, 0) is 17.5 Å². The van der Waals surface area contributed by atoms with Crippen LogP contribution in [0.15, 0.2) is 36.7 Å². The van der Waals surface area contributed by atoms with Crippen molar-refractivity contribution in [2.75, 3.05) is 19.6 Å². The molecule has 3 heteroatoms. The van der Waals surface area contributed by atoms with Gasteiger partial charge in [0.2, 0.25) is 0 Å². The number of benzene rings is 1. The van der Waals surface area contributed by atoms with Crippen molar-refractivity contribution in [2.45, 2.75) is 13.0 Å². The van der Waals surface area contributed by atoms with Crippen molar-refractivity contribution in [1.82, 2.24) is 10.2 Å². The Balaban J connectivity index is 1.86. The molecule has 0 fully saturated rings. The molecule has 0 amide bonds. The molecule has 16 heavy (non-hydrogen) atoms. The normalized spacial score (nSPS) is 15.5. The van der Waals surface area contributed by atoms with Crippen LogP contribution in [-0.2, 0) is 13.0 Å². The third-order valence-corrected chi connectivity index (χ3v) is 2.99. The lowest BCUT2D eigenvalue weighted by Gasteiger charge is -2.28. The van der Waals surface area contributed by atoms with Gasteiger partial charge in [-0.15, -0.1) is 0 Å².